The molecule has 5 nitrogen and oxygen atoms in total. The van der Waals surface area contributed by atoms with Crippen molar-refractivity contribution in [2.75, 3.05) is 0 Å². The first kappa shape index (κ1) is 17.6. The van der Waals surface area contributed by atoms with Gasteiger partial charge in [-0.1, -0.05) is 36.4 Å². The normalized spacial score (nSPS) is 11.8. The van der Waals surface area contributed by atoms with Crippen molar-refractivity contribution in [3.05, 3.63) is 108 Å². The predicted octanol–water partition coefficient (Wildman–Crippen LogP) is 4.13. The van der Waals surface area contributed by atoms with Crippen LogP contribution in [0.2, 0.25) is 0 Å². The van der Waals surface area contributed by atoms with E-state index in [1.807, 2.05) is 48.5 Å². The van der Waals surface area contributed by atoms with Gasteiger partial charge in [0.25, 0.3) is 5.91 Å². The van der Waals surface area contributed by atoms with Crippen LogP contribution in [-0.2, 0) is 0 Å². The minimum absolute atomic E-state index is 0.305. The Kier molecular flexibility index (Phi) is 4.93. The van der Waals surface area contributed by atoms with Crippen molar-refractivity contribution in [2.45, 2.75) is 6.04 Å². The highest BCUT2D eigenvalue weighted by Crippen LogP contribution is 2.22. The lowest BCUT2D eigenvalue weighted by Gasteiger charge is -2.18. The van der Waals surface area contributed by atoms with E-state index in [0.717, 1.165) is 16.8 Å². The van der Waals surface area contributed by atoms with E-state index in [0.29, 0.717) is 11.4 Å². The van der Waals surface area contributed by atoms with E-state index >= 15 is 0 Å². The van der Waals surface area contributed by atoms with E-state index in [1.165, 1.54) is 12.1 Å². The molecule has 0 bridgehead atoms. The van der Waals surface area contributed by atoms with E-state index in [4.69, 9.17) is 0 Å². The SMILES string of the molecule is O=C(N[C@H](c1ccccc1)c1ccccn1)c1cc(-c2ccc(F)cc2)n[nH]1. The van der Waals surface area contributed by atoms with Crippen LogP contribution in [0, 0.1) is 5.82 Å². The molecule has 138 valence electrons. The van der Waals surface area contributed by atoms with Crippen LogP contribution in [0.4, 0.5) is 4.39 Å². The van der Waals surface area contributed by atoms with Gasteiger partial charge in [0.05, 0.1) is 17.4 Å². The molecule has 0 radical (unpaired) electrons. The molecule has 0 aliphatic heterocycles. The molecule has 2 N–H and O–H groups in total. The summed E-state index contributed by atoms with van der Waals surface area (Å²) >= 11 is 0. The summed E-state index contributed by atoms with van der Waals surface area (Å²) in [5.74, 6) is -0.626. The van der Waals surface area contributed by atoms with Gasteiger partial charge in [-0.05, 0) is 48.0 Å². The molecule has 4 rings (SSSR count). The number of aromatic nitrogens is 3. The van der Waals surface area contributed by atoms with Crippen LogP contribution in [0.3, 0.4) is 0 Å². The van der Waals surface area contributed by atoms with Crippen LogP contribution in [-0.4, -0.2) is 21.1 Å². The van der Waals surface area contributed by atoms with Crippen LogP contribution in [0.15, 0.2) is 85.1 Å². The van der Waals surface area contributed by atoms with Crippen molar-refractivity contribution in [3.63, 3.8) is 0 Å². The number of pyridine rings is 1. The van der Waals surface area contributed by atoms with Crippen LogP contribution in [0.25, 0.3) is 11.3 Å². The molecule has 0 aliphatic carbocycles. The Morgan fingerprint density at radius 3 is 2.43 bits per heavy atom. The standard InChI is InChI=1S/C22H17FN4O/c23-17-11-9-15(10-12-17)19-14-20(27-26-19)22(28)25-21(16-6-2-1-3-7-16)18-8-4-5-13-24-18/h1-14,21H,(H,25,28)(H,26,27)/t21-/m1/s1. The Labute approximate surface area is 161 Å². The summed E-state index contributed by atoms with van der Waals surface area (Å²) in [5.41, 5.74) is 3.27. The molecular weight excluding hydrogens is 355 g/mol. The number of halogens is 1. The highest BCUT2D eigenvalue weighted by Gasteiger charge is 2.20. The van der Waals surface area contributed by atoms with E-state index in [2.05, 4.69) is 20.5 Å². The fourth-order valence-electron chi connectivity index (χ4n) is 2.94. The van der Waals surface area contributed by atoms with Gasteiger partial charge in [0.2, 0.25) is 0 Å². The molecule has 0 unspecified atom stereocenters. The predicted molar refractivity (Wildman–Crippen MR) is 104 cm³/mol. The molecule has 4 aromatic rings. The number of rotatable bonds is 5. The van der Waals surface area contributed by atoms with Crippen LogP contribution < -0.4 is 5.32 Å². The Bertz CT molecular complexity index is 1020. The third kappa shape index (κ3) is 3.81. The maximum absolute atomic E-state index is 13.1. The Morgan fingerprint density at radius 1 is 0.964 bits per heavy atom. The molecule has 0 saturated heterocycles. The van der Waals surface area contributed by atoms with Gasteiger partial charge in [0, 0.05) is 11.8 Å². The first-order valence-electron chi connectivity index (χ1n) is 8.79. The van der Waals surface area contributed by atoms with Crippen molar-refractivity contribution in [3.8, 4) is 11.3 Å². The third-order valence-electron chi connectivity index (χ3n) is 4.35. The Morgan fingerprint density at radius 2 is 1.71 bits per heavy atom. The molecule has 28 heavy (non-hydrogen) atoms. The number of nitrogens with zero attached hydrogens (tertiary/aromatic N) is 2. The average Bonchev–Trinajstić information content (AvgIpc) is 3.24. The second-order valence-electron chi connectivity index (χ2n) is 6.25. The highest BCUT2D eigenvalue weighted by atomic mass is 19.1. The smallest absolute Gasteiger partial charge is 0.270 e. The second kappa shape index (κ2) is 7.84. The summed E-state index contributed by atoms with van der Waals surface area (Å²) in [7, 11) is 0. The number of benzene rings is 2. The molecule has 0 saturated carbocycles. The lowest BCUT2D eigenvalue weighted by molar-refractivity contribution is 0.0937. The molecule has 1 atom stereocenters. The molecule has 2 aromatic carbocycles. The van der Waals surface area contributed by atoms with Gasteiger partial charge in [-0.3, -0.25) is 14.9 Å². The van der Waals surface area contributed by atoms with Gasteiger partial charge in [0.1, 0.15) is 11.5 Å². The molecule has 0 aliphatic rings. The minimum Gasteiger partial charge on any atom is -0.338 e. The van der Waals surface area contributed by atoms with E-state index in [9.17, 15) is 9.18 Å². The van der Waals surface area contributed by atoms with Crippen molar-refractivity contribution in [2.24, 2.45) is 0 Å². The number of amides is 1. The van der Waals surface area contributed by atoms with E-state index in [-0.39, 0.29) is 11.7 Å². The van der Waals surface area contributed by atoms with Crippen LogP contribution >= 0.6 is 0 Å². The zero-order valence-electron chi connectivity index (χ0n) is 14.8. The van der Waals surface area contributed by atoms with Gasteiger partial charge in [-0.15, -0.1) is 0 Å². The summed E-state index contributed by atoms with van der Waals surface area (Å²) in [5, 5.41) is 9.92. The minimum atomic E-state index is -0.396. The van der Waals surface area contributed by atoms with Gasteiger partial charge in [-0.2, -0.15) is 5.10 Å². The van der Waals surface area contributed by atoms with Gasteiger partial charge < -0.3 is 5.32 Å². The summed E-state index contributed by atoms with van der Waals surface area (Å²) in [6.07, 6.45) is 1.69. The molecule has 0 fully saturated rings. The number of hydrogen-bond acceptors (Lipinski definition) is 3. The summed E-state index contributed by atoms with van der Waals surface area (Å²) in [6.45, 7) is 0. The number of aromatic amines is 1. The Balaban J connectivity index is 1.59. The third-order valence-corrected chi connectivity index (χ3v) is 4.35. The fourth-order valence-corrected chi connectivity index (χ4v) is 2.94. The Hall–Kier alpha value is -3.80. The number of carbonyl (C=O) groups is 1. The van der Waals surface area contributed by atoms with Gasteiger partial charge >= 0.3 is 0 Å². The highest BCUT2D eigenvalue weighted by molar-refractivity contribution is 5.93. The van der Waals surface area contributed by atoms with Crippen molar-refractivity contribution in [1.29, 1.82) is 0 Å². The lowest BCUT2D eigenvalue weighted by Crippen LogP contribution is -2.30. The first-order valence-corrected chi connectivity index (χ1v) is 8.79. The fraction of sp³-hybridized carbons (Fsp3) is 0.0455. The quantitative estimate of drug-likeness (QED) is 0.553. The average molecular weight is 372 g/mol. The van der Waals surface area contributed by atoms with Crippen molar-refractivity contribution < 1.29 is 9.18 Å². The summed E-state index contributed by atoms with van der Waals surface area (Å²) < 4.78 is 13.1. The zero-order valence-corrected chi connectivity index (χ0v) is 14.8. The zero-order chi connectivity index (χ0) is 19.3. The van der Waals surface area contributed by atoms with Crippen LogP contribution in [0.1, 0.15) is 27.8 Å². The maximum atomic E-state index is 13.1. The summed E-state index contributed by atoms with van der Waals surface area (Å²) in [4.78, 5) is 17.2. The molecule has 2 aromatic heterocycles. The second-order valence-corrected chi connectivity index (χ2v) is 6.25. The van der Waals surface area contributed by atoms with Gasteiger partial charge in [-0.25, -0.2) is 4.39 Å². The number of carbonyl (C=O) groups excluding carboxylic acids is 1. The van der Waals surface area contributed by atoms with E-state index < -0.39 is 6.04 Å². The molecule has 2 heterocycles. The molecule has 1 amide bonds. The number of H-pyrrole nitrogens is 1. The van der Waals surface area contributed by atoms with Gasteiger partial charge in [0.15, 0.2) is 0 Å². The molecular formula is C22H17FN4O. The number of hydrogen-bond donors (Lipinski definition) is 2. The lowest BCUT2D eigenvalue weighted by atomic mass is 10.0. The van der Waals surface area contributed by atoms with Crippen molar-refractivity contribution in [1.82, 2.24) is 20.5 Å². The molecule has 0 spiro atoms. The molecule has 6 heteroatoms. The number of nitrogens with one attached hydrogen (secondary N) is 2. The largest absolute Gasteiger partial charge is 0.338 e. The monoisotopic (exact) mass is 372 g/mol. The summed E-state index contributed by atoms with van der Waals surface area (Å²) in [6, 6.07) is 22.4. The van der Waals surface area contributed by atoms with Crippen LogP contribution in [0.5, 0.6) is 0 Å². The maximum Gasteiger partial charge on any atom is 0.270 e. The van der Waals surface area contributed by atoms with Crippen molar-refractivity contribution >= 4 is 5.91 Å². The first-order chi connectivity index (χ1) is 13.7. The van der Waals surface area contributed by atoms with E-state index in [1.54, 1.807) is 24.4 Å². The topological polar surface area (TPSA) is 70.7 Å².